The van der Waals surface area contributed by atoms with Gasteiger partial charge in [-0.05, 0) is 38.1 Å². The Bertz CT molecular complexity index is 548. The zero-order valence-corrected chi connectivity index (χ0v) is 13.0. The van der Waals surface area contributed by atoms with Gasteiger partial charge in [-0.2, -0.15) is 0 Å². The maximum absolute atomic E-state index is 11.9. The lowest BCUT2D eigenvalue weighted by molar-refractivity contribution is -0.146. The summed E-state index contributed by atoms with van der Waals surface area (Å²) < 4.78 is 5.01. The van der Waals surface area contributed by atoms with E-state index in [1.807, 2.05) is 0 Å². The molecule has 0 atom stereocenters. The molecule has 22 heavy (non-hydrogen) atoms. The van der Waals surface area contributed by atoms with Gasteiger partial charge in [0.1, 0.15) is 5.75 Å². The average Bonchev–Trinajstić information content (AvgIpc) is 2.50. The van der Waals surface area contributed by atoms with E-state index in [9.17, 15) is 14.4 Å². The average molecular weight is 307 g/mol. The molecule has 120 valence electrons. The number of hydrogen-bond donors (Lipinski definition) is 2. The van der Waals surface area contributed by atoms with Gasteiger partial charge >= 0.3 is 5.97 Å². The Kier molecular flexibility index (Phi) is 6.10. The van der Waals surface area contributed by atoms with E-state index in [-0.39, 0.29) is 31.1 Å². The van der Waals surface area contributed by atoms with E-state index in [0.29, 0.717) is 11.3 Å². The Morgan fingerprint density at radius 3 is 2.23 bits per heavy atom. The number of carboxylic acid groups (broad SMARTS) is 1. The van der Waals surface area contributed by atoms with Crippen molar-refractivity contribution >= 4 is 17.7 Å². The van der Waals surface area contributed by atoms with Crippen LogP contribution in [0.15, 0.2) is 24.3 Å². The predicted octanol–water partition coefficient (Wildman–Crippen LogP) is 1.89. The van der Waals surface area contributed by atoms with Crippen molar-refractivity contribution < 1.29 is 24.2 Å². The molecule has 6 heteroatoms. The summed E-state index contributed by atoms with van der Waals surface area (Å²) in [5, 5.41) is 11.5. The van der Waals surface area contributed by atoms with Gasteiger partial charge in [0.15, 0.2) is 5.78 Å². The number of carbonyl (C=O) groups excluding carboxylic acids is 2. The van der Waals surface area contributed by atoms with Crippen LogP contribution in [0.3, 0.4) is 0 Å². The van der Waals surface area contributed by atoms with Crippen LogP contribution in [-0.4, -0.2) is 36.4 Å². The molecule has 0 aromatic heterocycles. The lowest BCUT2D eigenvalue weighted by atomic mass is 9.94. The second kappa shape index (κ2) is 7.59. The van der Waals surface area contributed by atoms with E-state index in [1.54, 1.807) is 31.4 Å². The van der Waals surface area contributed by atoms with Gasteiger partial charge in [0.2, 0.25) is 5.91 Å². The topological polar surface area (TPSA) is 92.7 Å². The molecule has 0 radical (unpaired) electrons. The lowest BCUT2D eigenvalue weighted by Crippen LogP contribution is -2.38. The molecule has 0 aliphatic rings. The van der Waals surface area contributed by atoms with E-state index in [1.165, 1.54) is 13.8 Å². The summed E-state index contributed by atoms with van der Waals surface area (Å²) in [7, 11) is 1.54. The van der Waals surface area contributed by atoms with Crippen LogP contribution in [0, 0.1) is 5.41 Å². The molecular weight excluding hydrogens is 286 g/mol. The molecule has 0 aliphatic carbocycles. The van der Waals surface area contributed by atoms with Gasteiger partial charge in [0, 0.05) is 24.9 Å². The first-order valence-corrected chi connectivity index (χ1v) is 6.93. The van der Waals surface area contributed by atoms with Crippen molar-refractivity contribution in [3.05, 3.63) is 29.8 Å². The SMILES string of the molecule is COc1ccc(C(=O)CCC(=O)NCC(C)(C)C(=O)O)cc1. The summed E-state index contributed by atoms with van der Waals surface area (Å²) in [6, 6.07) is 6.66. The van der Waals surface area contributed by atoms with Crippen molar-refractivity contribution in [1.29, 1.82) is 0 Å². The molecule has 1 amide bonds. The summed E-state index contributed by atoms with van der Waals surface area (Å²) in [5.41, 5.74) is -0.519. The van der Waals surface area contributed by atoms with Crippen LogP contribution >= 0.6 is 0 Å². The first-order chi connectivity index (χ1) is 10.3. The van der Waals surface area contributed by atoms with Crippen molar-refractivity contribution in [3.8, 4) is 5.75 Å². The van der Waals surface area contributed by atoms with E-state index in [0.717, 1.165) is 0 Å². The van der Waals surface area contributed by atoms with E-state index >= 15 is 0 Å². The zero-order chi connectivity index (χ0) is 16.8. The maximum Gasteiger partial charge on any atom is 0.310 e. The van der Waals surface area contributed by atoms with E-state index < -0.39 is 11.4 Å². The van der Waals surface area contributed by atoms with Gasteiger partial charge in [-0.1, -0.05) is 0 Å². The van der Waals surface area contributed by atoms with E-state index in [4.69, 9.17) is 9.84 Å². The molecule has 2 N–H and O–H groups in total. The minimum absolute atomic E-state index is 0.0257. The molecule has 0 unspecified atom stereocenters. The predicted molar refractivity (Wildman–Crippen MR) is 81.0 cm³/mol. The molecule has 0 fully saturated rings. The third kappa shape index (κ3) is 5.20. The number of benzene rings is 1. The first-order valence-electron chi connectivity index (χ1n) is 6.93. The highest BCUT2D eigenvalue weighted by Gasteiger charge is 2.27. The number of ketones is 1. The van der Waals surface area contributed by atoms with Crippen LogP contribution in [-0.2, 0) is 9.59 Å². The second-order valence-corrected chi connectivity index (χ2v) is 5.62. The molecule has 1 aromatic rings. The highest BCUT2D eigenvalue weighted by molar-refractivity contribution is 5.98. The largest absolute Gasteiger partial charge is 0.497 e. The Balaban J connectivity index is 2.43. The minimum Gasteiger partial charge on any atom is -0.497 e. The molecule has 0 saturated carbocycles. The van der Waals surface area contributed by atoms with Crippen LogP contribution in [0.2, 0.25) is 0 Å². The summed E-state index contributed by atoms with van der Waals surface area (Å²) in [6.07, 6.45) is 0.103. The molecule has 1 aromatic carbocycles. The monoisotopic (exact) mass is 307 g/mol. The van der Waals surface area contributed by atoms with Crippen molar-refractivity contribution in [3.63, 3.8) is 0 Å². The number of Topliss-reactive ketones (excluding diaryl/α,β-unsaturated/α-hetero) is 1. The molecular formula is C16H21NO5. The first kappa shape index (κ1) is 17.7. The highest BCUT2D eigenvalue weighted by Crippen LogP contribution is 2.14. The summed E-state index contributed by atoms with van der Waals surface area (Å²) >= 11 is 0. The lowest BCUT2D eigenvalue weighted by Gasteiger charge is -2.19. The Labute approximate surface area is 129 Å². The van der Waals surface area contributed by atoms with Crippen LogP contribution in [0.5, 0.6) is 5.75 Å². The molecule has 0 heterocycles. The zero-order valence-electron chi connectivity index (χ0n) is 13.0. The summed E-state index contributed by atoms with van der Waals surface area (Å²) in [5.74, 6) is -0.807. The fourth-order valence-electron chi connectivity index (χ4n) is 1.63. The van der Waals surface area contributed by atoms with Gasteiger partial charge in [0.05, 0.1) is 12.5 Å². The maximum atomic E-state index is 11.9. The van der Waals surface area contributed by atoms with Gasteiger partial charge < -0.3 is 15.2 Å². The standard InChI is InChI=1S/C16H21NO5/c1-16(2,15(20)21)10-17-14(19)9-8-13(18)11-4-6-12(22-3)7-5-11/h4-7H,8-10H2,1-3H3,(H,17,19)(H,20,21). The van der Waals surface area contributed by atoms with Gasteiger partial charge in [-0.25, -0.2) is 0 Å². The Morgan fingerprint density at radius 2 is 1.73 bits per heavy atom. The summed E-state index contributed by atoms with van der Waals surface area (Å²) in [6.45, 7) is 3.08. The molecule has 0 bridgehead atoms. The van der Waals surface area contributed by atoms with Gasteiger partial charge in [-0.3, -0.25) is 14.4 Å². The normalized spacial score (nSPS) is 10.9. The third-order valence-electron chi connectivity index (χ3n) is 3.30. The number of aliphatic carboxylic acids is 1. The van der Waals surface area contributed by atoms with Crippen molar-refractivity contribution in [2.45, 2.75) is 26.7 Å². The summed E-state index contributed by atoms with van der Waals surface area (Å²) in [4.78, 5) is 34.5. The number of nitrogens with one attached hydrogen (secondary N) is 1. The molecule has 1 rings (SSSR count). The molecule has 0 saturated heterocycles. The fraction of sp³-hybridized carbons (Fsp3) is 0.438. The number of ether oxygens (including phenoxy) is 1. The van der Waals surface area contributed by atoms with Crippen molar-refractivity contribution in [2.24, 2.45) is 5.41 Å². The molecule has 6 nitrogen and oxygen atoms in total. The van der Waals surface area contributed by atoms with Crippen molar-refractivity contribution in [1.82, 2.24) is 5.32 Å². The van der Waals surface area contributed by atoms with Gasteiger partial charge in [0.25, 0.3) is 0 Å². The quantitative estimate of drug-likeness (QED) is 0.715. The van der Waals surface area contributed by atoms with Crippen LogP contribution in [0.25, 0.3) is 0 Å². The van der Waals surface area contributed by atoms with Gasteiger partial charge in [-0.15, -0.1) is 0 Å². The number of hydrogen-bond acceptors (Lipinski definition) is 4. The number of rotatable bonds is 8. The van der Waals surface area contributed by atoms with E-state index in [2.05, 4.69) is 5.32 Å². The van der Waals surface area contributed by atoms with Crippen LogP contribution in [0.1, 0.15) is 37.0 Å². The Morgan fingerprint density at radius 1 is 1.14 bits per heavy atom. The number of methoxy groups -OCH3 is 1. The van der Waals surface area contributed by atoms with Crippen LogP contribution < -0.4 is 10.1 Å². The van der Waals surface area contributed by atoms with Crippen molar-refractivity contribution in [2.75, 3.05) is 13.7 Å². The Hall–Kier alpha value is -2.37. The third-order valence-corrected chi connectivity index (χ3v) is 3.30. The van der Waals surface area contributed by atoms with Crippen LogP contribution in [0.4, 0.5) is 0 Å². The fourth-order valence-corrected chi connectivity index (χ4v) is 1.63. The highest BCUT2D eigenvalue weighted by atomic mass is 16.5. The number of carboxylic acids is 1. The second-order valence-electron chi connectivity index (χ2n) is 5.62. The smallest absolute Gasteiger partial charge is 0.310 e. The minimum atomic E-state index is -1.03. The molecule has 0 spiro atoms. The number of carbonyl (C=O) groups is 3. The molecule has 0 aliphatic heterocycles. The number of amides is 1.